The van der Waals surface area contributed by atoms with E-state index in [1.54, 1.807) is 0 Å². The number of nitrogens with zero attached hydrogens (tertiary/aromatic N) is 2. The highest BCUT2D eigenvalue weighted by Crippen LogP contribution is 2.35. The topological polar surface area (TPSA) is 32.5 Å². The van der Waals surface area contributed by atoms with E-state index in [9.17, 15) is 0 Å². The Morgan fingerprint density at radius 2 is 2.05 bits per heavy atom. The SMILES string of the molecule is CCCC1CCCCN1C1(CN)CCN(C(C)C)C1. The molecule has 0 aromatic heterocycles. The molecular weight excluding hydrogens is 234 g/mol. The van der Waals surface area contributed by atoms with Crippen molar-refractivity contribution in [3.8, 4) is 0 Å². The van der Waals surface area contributed by atoms with E-state index in [0.717, 1.165) is 12.6 Å². The molecule has 0 aromatic carbocycles. The predicted molar refractivity (Wildman–Crippen MR) is 82.4 cm³/mol. The Morgan fingerprint density at radius 3 is 2.63 bits per heavy atom. The lowest BCUT2D eigenvalue weighted by Crippen LogP contribution is -2.60. The molecule has 2 unspecified atom stereocenters. The van der Waals surface area contributed by atoms with E-state index >= 15 is 0 Å². The first-order valence-electron chi connectivity index (χ1n) is 8.34. The van der Waals surface area contributed by atoms with Crippen LogP contribution in [0, 0.1) is 0 Å². The summed E-state index contributed by atoms with van der Waals surface area (Å²) >= 11 is 0. The number of rotatable bonds is 5. The van der Waals surface area contributed by atoms with Crippen LogP contribution in [0.4, 0.5) is 0 Å². The molecule has 0 aliphatic carbocycles. The summed E-state index contributed by atoms with van der Waals surface area (Å²) < 4.78 is 0. The van der Waals surface area contributed by atoms with E-state index in [4.69, 9.17) is 5.73 Å². The van der Waals surface area contributed by atoms with E-state index < -0.39 is 0 Å². The van der Waals surface area contributed by atoms with Crippen molar-refractivity contribution in [2.24, 2.45) is 5.73 Å². The number of likely N-dealkylation sites (tertiary alicyclic amines) is 2. The van der Waals surface area contributed by atoms with Crippen LogP contribution in [-0.2, 0) is 0 Å². The summed E-state index contributed by atoms with van der Waals surface area (Å²) in [5, 5.41) is 0. The average molecular weight is 267 g/mol. The van der Waals surface area contributed by atoms with Gasteiger partial charge in [0.15, 0.2) is 0 Å². The van der Waals surface area contributed by atoms with Crippen molar-refractivity contribution in [3.05, 3.63) is 0 Å². The second-order valence-corrected chi connectivity index (χ2v) is 6.87. The van der Waals surface area contributed by atoms with Gasteiger partial charge in [0, 0.05) is 37.3 Å². The first-order chi connectivity index (χ1) is 9.13. The van der Waals surface area contributed by atoms with Gasteiger partial charge in [-0.2, -0.15) is 0 Å². The van der Waals surface area contributed by atoms with Crippen molar-refractivity contribution in [2.45, 2.75) is 76.9 Å². The molecule has 2 fully saturated rings. The molecule has 0 amide bonds. The monoisotopic (exact) mass is 267 g/mol. The van der Waals surface area contributed by atoms with Gasteiger partial charge in [-0.1, -0.05) is 19.8 Å². The van der Waals surface area contributed by atoms with Crippen molar-refractivity contribution in [2.75, 3.05) is 26.2 Å². The van der Waals surface area contributed by atoms with Crippen LogP contribution in [0.2, 0.25) is 0 Å². The van der Waals surface area contributed by atoms with Gasteiger partial charge in [-0.05, 0) is 46.1 Å². The van der Waals surface area contributed by atoms with Gasteiger partial charge in [-0.15, -0.1) is 0 Å². The van der Waals surface area contributed by atoms with Crippen LogP contribution in [-0.4, -0.2) is 53.6 Å². The normalized spacial score (nSPS) is 34.3. The maximum atomic E-state index is 6.25. The zero-order valence-electron chi connectivity index (χ0n) is 13.2. The van der Waals surface area contributed by atoms with Gasteiger partial charge in [0.05, 0.1) is 0 Å². The second kappa shape index (κ2) is 6.55. The smallest absolute Gasteiger partial charge is 0.0473 e. The standard InChI is InChI=1S/C16H33N3/c1-4-7-15-8-5-6-10-19(15)16(12-17)9-11-18(13-16)14(2)3/h14-15H,4-13,17H2,1-3H3. The summed E-state index contributed by atoms with van der Waals surface area (Å²) in [6.45, 7) is 11.4. The number of nitrogens with two attached hydrogens (primary N) is 1. The highest BCUT2D eigenvalue weighted by molar-refractivity contribution is 5.03. The summed E-state index contributed by atoms with van der Waals surface area (Å²) in [5.74, 6) is 0. The van der Waals surface area contributed by atoms with E-state index in [0.29, 0.717) is 6.04 Å². The fourth-order valence-corrected chi connectivity index (χ4v) is 4.11. The Labute approximate surface area is 119 Å². The molecule has 3 heteroatoms. The largest absolute Gasteiger partial charge is 0.329 e. The molecule has 112 valence electrons. The third-order valence-corrected chi connectivity index (χ3v) is 5.33. The number of piperidine rings is 1. The molecule has 2 heterocycles. The van der Waals surface area contributed by atoms with Gasteiger partial charge in [-0.3, -0.25) is 9.80 Å². The molecule has 2 N–H and O–H groups in total. The van der Waals surface area contributed by atoms with Gasteiger partial charge in [0.25, 0.3) is 0 Å². The Kier molecular flexibility index (Phi) is 5.27. The molecular formula is C16H33N3. The zero-order valence-corrected chi connectivity index (χ0v) is 13.2. The minimum absolute atomic E-state index is 0.268. The molecule has 2 atom stereocenters. The summed E-state index contributed by atoms with van der Waals surface area (Å²) in [5.41, 5.74) is 6.52. The molecule has 0 spiro atoms. The van der Waals surface area contributed by atoms with E-state index in [1.807, 2.05) is 0 Å². The van der Waals surface area contributed by atoms with Crippen molar-refractivity contribution >= 4 is 0 Å². The lowest BCUT2D eigenvalue weighted by molar-refractivity contribution is 0.0211. The van der Waals surface area contributed by atoms with Crippen LogP contribution in [0.25, 0.3) is 0 Å². The van der Waals surface area contributed by atoms with E-state index in [-0.39, 0.29) is 5.54 Å². The van der Waals surface area contributed by atoms with Crippen LogP contribution in [0.1, 0.15) is 59.3 Å². The van der Waals surface area contributed by atoms with E-state index in [2.05, 4.69) is 30.6 Å². The van der Waals surface area contributed by atoms with Gasteiger partial charge < -0.3 is 5.73 Å². The molecule has 19 heavy (non-hydrogen) atoms. The quantitative estimate of drug-likeness (QED) is 0.830. The van der Waals surface area contributed by atoms with Crippen LogP contribution in [0.3, 0.4) is 0 Å². The number of hydrogen-bond donors (Lipinski definition) is 1. The molecule has 0 aromatic rings. The first-order valence-corrected chi connectivity index (χ1v) is 8.34. The van der Waals surface area contributed by atoms with Crippen molar-refractivity contribution in [1.82, 2.24) is 9.80 Å². The molecule has 3 nitrogen and oxygen atoms in total. The fraction of sp³-hybridized carbons (Fsp3) is 1.00. The molecule has 0 bridgehead atoms. The van der Waals surface area contributed by atoms with Crippen LogP contribution < -0.4 is 5.73 Å². The number of hydrogen-bond acceptors (Lipinski definition) is 3. The molecule has 2 aliphatic rings. The van der Waals surface area contributed by atoms with Gasteiger partial charge >= 0.3 is 0 Å². The maximum Gasteiger partial charge on any atom is 0.0473 e. The van der Waals surface area contributed by atoms with Crippen molar-refractivity contribution < 1.29 is 0 Å². The van der Waals surface area contributed by atoms with E-state index in [1.165, 1.54) is 58.2 Å². The Balaban J connectivity index is 2.11. The fourth-order valence-electron chi connectivity index (χ4n) is 4.11. The summed E-state index contributed by atoms with van der Waals surface area (Å²) in [7, 11) is 0. The molecule has 0 saturated carbocycles. The highest BCUT2D eigenvalue weighted by atomic mass is 15.3. The third-order valence-electron chi connectivity index (χ3n) is 5.33. The molecule has 2 aliphatic heterocycles. The summed E-state index contributed by atoms with van der Waals surface area (Å²) in [6, 6.07) is 1.44. The van der Waals surface area contributed by atoms with Crippen LogP contribution >= 0.6 is 0 Å². The Hall–Kier alpha value is -0.120. The minimum atomic E-state index is 0.268. The average Bonchev–Trinajstić information content (AvgIpc) is 2.85. The molecule has 2 rings (SSSR count). The maximum absolute atomic E-state index is 6.25. The predicted octanol–water partition coefficient (Wildman–Crippen LogP) is 2.45. The minimum Gasteiger partial charge on any atom is -0.329 e. The van der Waals surface area contributed by atoms with Gasteiger partial charge in [0.2, 0.25) is 0 Å². The lowest BCUT2D eigenvalue weighted by atomic mass is 9.88. The molecule has 0 radical (unpaired) electrons. The first kappa shape index (κ1) is 15.3. The summed E-state index contributed by atoms with van der Waals surface area (Å²) in [6.07, 6.45) is 8.08. The second-order valence-electron chi connectivity index (χ2n) is 6.87. The van der Waals surface area contributed by atoms with Gasteiger partial charge in [0.1, 0.15) is 0 Å². The van der Waals surface area contributed by atoms with Crippen molar-refractivity contribution in [3.63, 3.8) is 0 Å². The molecule has 2 saturated heterocycles. The van der Waals surface area contributed by atoms with Crippen LogP contribution in [0.5, 0.6) is 0 Å². The Bertz CT molecular complexity index is 277. The highest BCUT2D eigenvalue weighted by Gasteiger charge is 2.45. The summed E-state index contributed by atoms with van der Waals surface area (Å²) in [4.78, 5) is 5.42. The lowest BCUT2D eigenvalue weighted by Gasteiger charge is -2.48. The zero-order chi connectivity index (χ0) is 13.9. The third kappa shape index (κ3) is 3.14. The van der Waals surface area contributed by atoms with Crippen LogP contribution in [0.15, 0.2) is 0 Å². The Morgan fingerprint density at radius 1 is 1.26 bits per heavy atom. The van der Waals surface area contributed by atoms with Gasteiger partial charge in [-0.25, -0.2) is 0 Å². The van der Waals surface area contributed by atoms with Crippen molar-refractivity contribution in [1.29, 1.82) is 0 Å².